The number of hydrogen-bond donors (Lipinski definition) is 1. The lowest BCUT2D eigenvalue weighted by Gasteiger charge is -2.42. The summed E-state index contributed by atoms with van der Waals surface area (Å²) < 4.78 is 0. The molecule has 1 aromatic carbocycles. The molecule has 3 atom stereocenters. The predicted molar refractivity (Wildman–Crippen MR) is 79.0 cm³/mol. The van der Waals surface area contributed by atoms with Crippen LogP contribution in [0.5, 0.6) is 0 Å². The first-order valence-corrected chi connectivity index (χ1v) is 7.53. The summed E-state index contributed by atoms with van der Waals surface area (Å²) in [5.41, 5.74) is 9.12. The summed E-state index contributed by atoms with van der Waals surface area (Å²) in [6.45, 7) is 9.29. The number of hydrogen-bond acceptors (Lipinski definition) is 3. The minimum atomic E-state index is 0.223. The second-order valence-corrected chi connectivity index (χ2v) is 5.96. The predicted octanol–water partition coefficient (Wildman–Crippen LogP) is 2.16. The Morgan fingerprint density at radius 3 is 2.63 bits per heavy atom. The highest BCUT2D eigenvalue weighted by Gasteiger charge is 2.35. The normalized spacial score (nSPS) is 32.5. The van der Waals surface area contributed by atoms with Gasteiger partial charge in [-0.15, -0.1) is 0 Å². The summed E-state index contributed by atoms with van der Waals surface area (Å²) in [6, 6.07) is 10.1. The summed E-state index contributed by atoms with van der Waals surface area (Å²) in [5.74, 6) is 0. The van der Waals surface area contributed by atoms with Crippen LogP contribution >= 0.6 is 0 Å². The van der Waals surface area contributed by atoms with E-state index in [1.165, 1.54) is 30.8 Å². The van der Waals surface area contributed by atoms with Gasteiger partial charge in [-0.3, -0.25) is 9.80 Å². The Balaban J connectivity index is 1.78. The van der Waals surface area contributed by atoms with Crippen molar-refractivity contribution in [1.29, 1.82) is 0 Å². The Kier molecular flexibility index (Phi) is 3.61. The van der Waals surface area contributed by atoms with Crippen molar-refractivity contribution in [1.82, 2.24) is 9.80 Å². The molecule has 2 N–H and O–H groups in total. The lowest BCUT2D eigenvalue weighted by Crippen LogP contribution is -2.52. The Labute approximate surface area is 116 Å². The standard InChI is InChI=1S/C16H25N3/c1-3-18-8-9-19(11-12(18)2)16-10-15(17)13-6-4-5-7-14(13)16/h4-7,12,15-16H,3,8-11,17H2,1-2H3. The van der Waals surface area contributed by atoms with E-state index in [1.807, 2.05) is 0 Å². The van der Waals surface area contributed by atoms with Gasteiger partial charge in [-0.05, 0) is 31.0 Å². The van der Waals surface area contributed by atoms with E-state index in [9.17, 15) is 0 Å². The van der Waals surface area contributed by atoms with Gasteiger partial charge in [-0.1, -0.05) is 31.2 Å². The highest BCUT2D eigenvalue weighted by Crippen LogP contribution is 2.41. The van der Waals surface area contributed by atoms with Gasteiger partial charge in [0, 0.05) is 37.8 Å². The van der Waals surface area contributed by atoms with Gasteiger partial charge < -0.3 is 5.73 Å². The molecule has 0 radical (unpaired) electrons. The van der Waals surface area contributed by atoms with Crippen LogP contribution < -0.4 is 5.73 Å². The largest absolute Gasteiger partial charge is 0.324 e. The molecule has 104 valence electrons. The third-order valence-corrected chi connectivity index (χ3v) is 4.88. The second-order valence-electron chi connectivity index (χ2n) is 5.96. The van der Waals surface area contributed by atoms with Crippen molar-refractivity contribution in [3.63, 3.8) is 0 Å². The average Bonchev–Trinajstić information content (AvgIpc) is 2.77. The molecule has 2 aliphatic rings. The molecule has 3 heteroatoms. The molecule has 0 saturated carbocycles. The van der Waals surface area contributed by atoms with E-state index < -0.39 is 0 Å². The molecule has 1 aromatic rings. The summed E-state index contributed by atoms with van der Waals surface area (Å²) >= 11 is 0. The van der Waals surface area contributed by atoms with Crippen molar-refractivity contribution in [3.8, 4) is 0 Å². The molecule has 0 amide bonds. The third kappa shape index (κ3) is 2.31. The maximum absolute atomic E-state index is 6.29. The highest BCUT2D eigenvalue weighted by atomic mass is 15.3. The van der Waals surface area contributed by atoms with E-state index in [2.05, 4.69) is 47.9 Å². The summed E-state index contributed by atoms with van der Waals surface area (Å²) in [6.07, 6.45) is 1.08. The first-order valence-electron chi connectivity index (χ1n) is 7.53. The van der Waals surface area contributed by atoms with Crippen LogP contribution in [0.4, 0.5) is 0 Å². The maximum Gasteiger partial charge on any atom is 0.0370 e. The van der Waals surface area contributed by atoms with E-state index in [4.69, 9.17) is 5.73 Å². The quantitative estimate of drug-likeness (QED) is 0.883. The van der Waals surface area contributed by atoms with E-state index >= 15 is 0 Å². The van der Waals surface area contributed by atoms with Crippen molar-refractivity contribution in [3.05, 3.63) is 35.4 Å². The Morgan fingerprint density at radius 2 is 1.95 bits per heavy atom. The Bertz CT molecular complexity index is 445. The van der Waals surface area contributed by atoms with Gasteiger partial charge in [0.05, 0.1) is 0 Å². The zero-order valence-corrected chi connectivity index (χ0v) is 12.0. The molecule has 1 fully saturated rings. The number of fused-ring (bicyclic) bond motifs is 1. The molecule has 0 spiro atoms. The van der Waals surface area contributed by atoms with E-state index in [0.29, 0.717) is 12.1 Å². The van der Waals surface area contributed by atoms with Crippen molar-refractivity contribution in [2.75, 3.05) is 26.2 Å². The molecular weight excluding hydrogens is 234 g/mol. The van der Waals surface area contributed by atoms with Crippen LogP contribution in [0, 0.1) is 0 Å². The maximum atomic E-state index is 6.29. The lowest BCUT2D eigenvalue weighted by atomic mass is 10.0. The molecular formula is C16H25N3. The molecule has 0 aromatic heterocycles. The van der Waals surface area contributed by atoms with Gasteiger partial charge in [-0.25, -0.2) is 0 Å². The Hall–Kier alpha value is -0.900. The first-order chi connectivity index (χ1) is 9.20. The number of benzene rings is 1. The average molecular weight is 259 g/mol. The minimum Gasteiger partial charge on any atom is -0.324 e. The number of rotatable bonds is 2. The number of likely N-dealkylation sites (N-methyl/N-ethyl adjacent to an activating group) is 1. The molecule has 3 unspecified atom stereocenters. The fraction of sp³-hybridized carbons (Fsp3) is 0.625. The second kappa shape index (κ2) is 5.23. The van der Waals surface area contributed by atoms with Crippen LogP contribution in [-0.4, -0.2) is 42.0 Å². The van der Waals surface area contributed by atoms with Crippen LogP contribution in [0.25, 0.3) is 0 Å². The van der Waals surface area contributed by atoms with Gasteiger partial charge in [-0.2, -0.15) is 0 Å². The van der Waals surface area contributed by atoms with Gasteiger partial charge in [0.2, 0.25) is 0 Å². The van der Waals surface area contributed by atoms with Crippen LogP contribution in [0.1, 0.15) is 43.5 Å². The molecule has 1 aliphatic carbocycles. The Morgan fingerprint density at radius 1 is 1.21 bits per heavy atom. The molecule has 19 heavy (non-hydrogen) atoms. The van der Waals surface area contributed by atoms with Crippen molar-refractivity contribution < 1.29 is 0 Å². The van der Waals surface area contributed by atoms with Gasteiger partial charge >= 0.3 is 0 Å². The molecule has 1 saturated heterocycles. The fourth-order valence-corrected chi connectivity index (χ4v) is 3.77. The van der Waals surface area contributed by atoms with Gasteiger partial charge in [0.1, 0.15) is 0 Å². The number of nitrogens with two attached hydrogens (primary N) is 1. The molecule has 3 rings (SSSR count). The molecule has 1 aliphatic heterocycles. The number of piperazine rings is 1. The zero-order valence-electron chi connectivity index (χ0n) is 12.0. The highest BCUT2D eigenvalue weighted by molar-refractivity contribution is 5.37. The van der Waals surface area contributed by atoms with E-state index in [0.717, 1.165) is 13.0 Å². The van der Waals surface area contributed by atoms with Crippen molar-refractivity contribution in [2.45, 2.75) is 38.4 Å². The van der Waals surface area contributed by atoms with Crippen LogP contribution in [0.3, 0.4) is 0 Å². The van der Waals surface area contributed by atoms with Crippen molar-refractivity contribution in [2.24, 2.45) is 5.73 Å². The van der Waals surface area contributed by atoms with Gasteiger partial charge in [0.15, 0.2) is 0 Å². The van der Waals surface area contributed by atoms with Crippen LogP contribution in [-0.2, 0) is 0 Å². The summed E-state index contributed by atoms with van der Waals surface area (Å²) in [4.78, 5) is 5.21. The molecule has 3 nitrogen and oxygen atoms in total. The number of nitrogens with zero attached hydrogens (tertiary/aromatic N) is 2. The lowest BCUT2D eigenvalue weighted by molar-refractivity contribution is 0.0573. The summed E-state index contributed by atoms with van der Waals surface area (Å²) in [5, 5.41) is 0. The van der Waals surface area contributed by atoms with Crippen LogP contribution in [0.2, 0.25) is 0 Å². The third-order valence-electron chi connectivity index (χ3n) is 4.88. The van der Waals surface area contributed by atoms with E-state index in [-0.39, 0.29) is 6.04 Å². The monoisotopic (exact) mass is 259 g/mol. The molecule has 0 bridgehead atoms. The fourth-order valence-electron chi connectivity index (χ4n) is 3.77. The SMILES string of the molecule is CCN1CCN(C2CC(N)c3ccccc32)CC1C. The van der Waals surface area contributed by atoms with E-state index in [1.54, 1.807) is 0 Å². The summed E-state index contributed by atoms with van der Waals surface area (Å²) in [7, 11) is 0. The zero-order chi connectivity index (χ0) is 13.4. The smallest absolute Gasteiger partial charge is 0.0370 e. The molecule has 1 heterocycles. The first kappa shape index (κ1) is 13.1. The minimum absolute atomic E-state index is 0.223. The topological polar surface area (TPSA) is 32.5 Å². The van der Waals surface area contributed by atoms with Crippen LogP contribution in [0.15, 0.2) is 24.3 Å². The van der Waals surface area contributed by atoms with Gasteiger partial charge in [0.25, 0.3) is 0 Å². The van der Waals surface area contributed by atoms with Crippen molar-refractivity contribution >= 4 is 0 Å².